The van der Waals surface area contributed by atoms with E-state index in [4.69, 9.17) is 14.2 Å². The smallest absolute Gasteiger partial charge is 0.311 e. The fourth-order valence-electron chi connectivity index (χ4n) is 7.69. The Morgan fingerprint density at radius 3 is 2.26 bits per heavy atom. The average Bonchev–Trinajstić information content (AvgIpc) is 2.68. The van der Waals surface area contributed by atoms with Crippen LogP contribution >= 0.6 is 0 Å². The van der Waals surface area contributed by atoms with Crippen LogP contribution in [0.5, 0.6) is 0 Å². The number of ether oxygens (including phenoxy) is 3. The highest BCUT2D eigenvalue weighted by atomic mass is 16.5. The van der Waals surface area contributed by atoms with Crippen LogP contribution in [0.2, 0.25) is 0 Å². The molecule has 6 nitrogen and oxygen atoms in total. The summed E-state index contributed by atoms with van der Waals surface area (Å²) in [5, 5.41) is 0. The molecule has 0 aromatic heterocycles. The van der Waals surface area contributed by atoms with E-state index < -0.39 is 5.41 Å². The zero-order valence-corrected chi connectivity index (χ0v) is 20.1. The van der Waals surface area contributed by atoms with E-state index in [1.165, 1.54) is 21.0 Å². The first-order valence-electron chi connectivity index (χ1n) is 11.9. The molecule has 6 heteroatoms. The van der Waals surface area contributed by atoms with Gasteiger partial charge in [-0.15, -0.1) is 0 Å². The van der Waals surface area contributed by atoms with Crippen molar-refractivity contribution >= 4 is 17.9 Å². The molecule has 0 heterocycles. The fourth-order valence-corrected chi connectivity index (χ4v) is 7.69. The molecule has 0 unspecified atom stereocenters. The molecular formula is C25H40O6. The van der Waals surface area contributed by atoms with Crippen molar-refractivity contribution in [2.24, 2.45) is 34.0 Å². The molecule has 3 saturated carbocycles. The highest BCUT2D eigenvalue weighted by Gasteiger charge is 2.63. The Balaban J connectivity index is 1.89. The lowest BCUT2D eigenvalue weighted by Crippen LogP contribution is -2.60. The Bertz CT molecular complexity index is 719. The molecule has 7 atom stereocenters. The topological polar surface area (TPSA) is 78.9 Å². The van der Waals surface area contributed by atoms with Gasteiger partial charge in [0.15, 0.2) is 0 Å². The van der Waals surface area contributed by atoms with E-state index in [2.05, 4.69) is 20.8 Å². The largest absolute Gasteiger partial charge is 0.469 e. The molecule has 3 rings (SSSR count). The third-order valence-corrected chi connectivity index (χ3v) is 9.15. The van der Waals surface area contributed by atoms with Crippen LogP contribution in [0.15, 0.2) is 0 Å². The number of methoxy groups -OCH3 is 1. The maximum absolute atomic E-state index is 12.8. The van der Waals surface area contributed by atoms with Crippen LogP contribution in [-0.4, -0.2) is 37.7 Å². The Kier molecular flexibility index (Phi) is 6.79. The van der Waals surface area contributed by atoms with Gasteiger partial charge in [-0.05, 0) is 75.0 Å². The van der Waals surface area contributed by atoms with Gasteiger partial charge in [-0.25, -0.2) is 0 Å². The van der Waals surface area contributed by atoms with Gasteiger partial charge >= 0.3 is 17.9 Å². The molecule has 31 heavy (non-hydrogen) atoms. The zero-order chi connectivity index (χ0) is 23.0. The number of fused-ring (bicyclic) bond motifs is 3. The summed E-state index contributed by atoms with van der Waals surface area (Å²) < 4.78 is 16.5. The molecule has 0 bridgehead atoms. The molecule has 0 aromatic carbocycles. The van der Waals surface area contributed by atoms with Crippen LogP contribution in [0.25, 0.3) is 0 Å². The first-order chi connectivity index (χ1) is 14.5. The summed E-state index contributed by atoms with van der Waals surface area (Å²) in [7, 11) is 1.50. The SMILES string of the molecule is COC(=O)[C@]1(C)CCC[C@@]2(C)[C@H]1CC[C@H]1[C@H](OC(C)=O)[C@@](C)(CCOC(C)=O)CC[C@@H]12. The molecule has 0 aliphatic heterocycles. The van der Waals surface area contributed by atoms with Crippen LogP contribution < -0.4 is 0 Å². The molecule has 0 spiro atoms. The van der Waals surface area contributed by atoms with Gasteiger partial charge in [-0.2, -0.15) is 0 Å². The minimum Gasteiger partial charge on any atom is -0.469 e. The quantitative estimate of drug-likeness (QED) is 0.460. The molecule has 0 aromatic rings. The summed E-state index contributed by atoms with van der Waals surface area (Å²) in [6.45, 7) is 9.89. The number of rotatable bonds is 5. The molecule has 0 saturated heterocycles. The second kappa shape index (κ2) is 8.74. The van der Waals surface area contributed by atoms with Crippen molar-refractivity contribution in [3.8, 4) is 0 Å². The molecule has 3 fully saturated rings. The molecular weight excluding hydrogens is 396 g/mol. The van der Waals surface area contributed by atoms with Crippen molar-refractivity contribution < 1.29 is 28.6 Å². The maximum atomic E-state index is 12.8. The molecule has 176 valence electrons. The van der Waals surface area contributed by atoms with Crippen molar-refractivity contribution in [3.05, 3.63) is 0 Å². The lowest BCUT2D eigenvalue weighted by molar-refractivity contribution is -0.203. The summed E-state index contributed by atoms with van der Waals surface area (Å²) in [6.07, 6.45) is 7.35. The Labute approximate surface area is 186 Å². The van der Waals surface area contributed by atoms with Crippen LogP contribution in [-0.2, 0) is 28.6 Å². The summed E-state index contributed by atoms with van der Waals surface area (Å²) in [4.78, 5) is 36.2. The summed E-state index contributed by atoms with van der Waals surface area (Å²) in [5.41, 5.74) is -0.634. The second-order valence-corrected chi connectivity index (χ2v) is 11.0. The van der Waals surface area contributed by atoms with Gasteiger partial charge in [-0.3, -0.25) is 14.4 Å². The van der Waals surface area contributed by atoms with Gasteiger partial charge < -0.3 is 14.2 Å². The number of hydrogen-bond donors (Lipinski definition) is 0. The lowest BCUT2D eigenvalue weighted by Gasteiger charge is -2.63. The summed E-state index contributed by atoms with van der Waals surface area (Å²) in [5.74, 6) is 0.340. The van der Waals surface area contributed by atoms with E-state index in [0.717, 1.165) is 44.9 Å². The number of hydrogen-bond acceptors (Lipinski definition) is 6. The van der Waals surface area contributed by atoms with Crippen LogP contribution in [0, 0.1) is 34.0 Å². The third-order valence-electron chi connectivity index (χ3n) is 9.15. The van der Waals surface area contributed by atoms with E-state index >= 15 is 0 Å². The van der Waals surface area contributed by atoms with Crippen LogP contribution in [0.4, 0.5) is 0 Å². The molecule has 3 aliphatic carbocycles. The standard InChI is InChI=1S/C25H40O6/c1-16(26)30-15-14-23(3)13-10-19-18(21(23)31-17(2)27)8-9-20-24(19,4)11-7-12-25(20,5)22(28)29-6/h18-21H,7-15H2,1-6H3/t18-,19+,20-,21+,23-,24-,25-/m1/s1. The summed E-state index contributed by atoms with van der Waals surface area (Å²) in [6, 6.07) is 0. The van der Waals surface area contributed by atoms with Gasteiger partial charge in [0.25, 0.3) is 0 Å². The van der Waals surface area contributed by atoms with Gasteiger partial charge in [-0.1, -0.05) is 20.3 Å². The number of carbonyl (C=O) groups is 3. The first-order valence-corrected chi connectivity index (χ1v) is 11.9. The highest BCUT2D eigenvalue weighted by molar-refractivity contribution is 5.77. The Hall–Kier alpha value is -1.59. The predicted octanol–water partition coefficient (Wildman–Crippen LogP) is 4.68. The lowest BCUT2D eigenvalue weighted by atomic mass is 9.42. The normalized spacial score (nSPS) is 42.0. The van der Waals surface area contributed by atoms with Gasteiger partial charge in [0.1, 0.15) is 6.10 Å². The van der Waals surface area contributed by atoms with Gasteiger partial charge in [0.05, 0.1) is 19.1 Å². The number of esters is 3. The minimum absolute atomic E-state index is 0.0275. The van der Waals surface area contributed by atoms with E-state index in [9.17, 15) is 14.4 Å². The highest BCUT2D eigenvalue weighted by Crippen LogP contribution is 2.66. The Morgan fingerprint density at radius 1 is 0.935 bits per heavy atom. The van der Waals surface area contributed by atoms with Crippen LogP contribution in [0.1, 0.15) is 86.0 Å². The molecule has 0 N–H and O–H groups in total. The van der Waals surface area contributed by atoms with Crippen molar-refractivity contribution in [2.45, 2.75) is 92.1 Å². The van der Waals surface area contributed by atoms with Crippen LogP contribution in [0.3, 0.4) is 0 Å². The fraction of sp³-hybridized carbons (Fsp3) is 0.880. The predicted molar refractivity (Wildman–Crippen MR) is 116 cm³/mol. The van der Waals surface area contributed by atoms with Crippen molar-refractivity contribution in [1.82, 2.24) is 0 Å². The third kappa shape index (κ3) is 4.23. The molecule has 3 aliphatic rings. The average molecular weight is 437 g/mol. The molecule has 0 radical (unpaired) electrons. The van der Waals surface area contributed by atoms with E-state index in [-0.39, 0.29) is 46.7 Å². The van der Waals surface area contributed by atoms with Crippen molar-refractivity contribution in [2.75, 3.05) is 13.7 Å². The van der Waals surface area contributed by atoms with E-state index in [0.29, 0.717) is 18.9 Å². The monoisotopic (exact) mass is 436 g/mol. The Morgan fingerprint density at radius 2 is 1.65 bits per heavy atom. The maximum Gasteiger partial charge on any atom is 0.311 e. The van der Waals surface area contributed by atoms with E-state index in [1.54, 1.807) is 0 Å². The zero-order valence-electron chi connectivity index (χ0n) is 20.1. The van der Waals surface area contributed by atoms with Gasteiger partial charge in [0, 0.05) is 19.3 Å². The summed E-state index contributed by atoms with van der Waals surface area (Å²) >= 11 is 0. The van der Waals surface area contributed by atoms with Crippen molar-refractivity contribution in [3.63, 3.8) is 0 Å². The molecule has 0 amide bonds. The minimum atomic E-state index is -0.445. The second-order valence-electron chi connectivity index (χ2n) is 11.0. The van der Waals surface area contributed by atoms with Crippen molar-refractivity contribution in [1.29, 1.82) is 0 Å². The van der Waals surface area contributed by atoms with E-state index in [1.807, 2.05) is 0 Å². The van der Waals surface area contributed by atoms with Gasteiger partial charge in [0.2, 0.25) is 0 Å². The number of carbonyl (C=O) groups excluding carboxylic acids is 3. The first kappa shape index (κ1) is 24.1.